The molecule has 33 nitrogen and oxygen atoms in total. The summed E-state index contributed by atoms with van der Waals surface area (Å²) in [6.07, 6.45) is -60.6. The third-order valence-electron chi connectivity index (χ3n) is 13.1. The number of rotatable bonds is 18. The van der Waals surface area contributed by atoms with Crippen LogP contribution in [-0.2, 0) is 56.9 Å². The molecule has 0 saturated carbocycles. The monoisotopic (exact) mass is 1060 g/mol. The topological polar surface area (TPSA) is 535 Å². The lowest BCUT2D eigenvalue weighted by molar-refractivity contribution is -0.405. The molecule has 0 aliphatic carbocycles. The lowest BCUT2D eigenvalue weighted by Gasteiger charge is -2.50. The van der Waals surface area contributed by atoms with Gasteiger partial charge in [0.2, 0.25) is 5.91 Å². The van der Waals surface area contributed by atoms with Crippen molar-refractivity contribution in [1.29, 1.82) is 0 Å². The van der Waals surface area contributed by atoms with E-state index in [1.807, 2.05) is 0 Å². The predicted molar refractivity (Wildman–Crippen MR) is 217 cm³/mol. The first-order chi connectivity index (χ1) is 34.0. The number of hydrogen-bond donors (Lipinski definition) is 21. The number of amides is 1. The smallest absolute Gasteiger partial charge is 0.217 e. The van der Waals surface area contributed by atoms with Gasteiger partial charge in [-0.05, 0) is 0 Å². The van der Waals surface area contributed by atoms with E-state index < -0.39 is 236 Å². The molecule has 72 heavy (non-hydrogen) atoms. The summed E-state index contributed by atoms with van der Waals surface area (Å²) in [5.41, 5.74) is 0. The second kappa shape index (κ2) is 25.6. The summed E-state index contributed by atoms with van der Waals surface area (Å²) in [6, 6.07) is -1.67. The highest BCUT2D eigenvalue weighted by atomic mass is 16.8. The normalized spacial score (nSPS) is 50.8. The molecule has 0 aromatic carbocycles. The maximum absolute atomic E-state index is 12.2. The van der Waals surface area contributed by atoms with E-state index in [0.29, 0.717) is 0 Å². The van der Waals surface area contributed by atoms with Gasteiger partial charge in [0, 0.05) is 6.92 Å². The lowest BCUT2D eigenvalue weighted by atomic mass is 9.94. The zero-order valence-electron chi connectivity index (χ0n) is 38.0. The van der Waals surface area contributed by atoms with Crippen molar-refractivity contribution in [3.05, 3.63) is 0 Å². The van der Waals surface area contributed by atoms with E-state index in [1.54, 1.807) is 0 Å². The van der Waals surface area contributed by atoms with Crippen molar-refractivity contribution in [2.45, 2.75) is 197 Å². The Bertz CT molecular complexity index is 1680. The molecule has 6 heterocycles. The van der Waals surface area contributed by atoms with E-state index in [2.05, 4.69) is 5.32 Å². The fourth-order valence-corrected chi connectivity index (χ4v) is 8.99. The molecule has 6 fully saturated rings. The molecule has 0 aromatic heterocycles. The van der Waals surface area contributed by atoms with Crippen LogP contribution in [0.25, 0.3) is 0 Å². The zero-order valence-corrected chi connectivity index (χ0v) is 38.0. The van der Waals surface area contributed by atoms with Gasteiger partial charge in [0.05, 0.1) is 39.6 Å². The summed E-state index contributed by atoms with van der Waals surface area (Å²) < 4.78 is 62.4. The Morgan fingerprint density at radius 3 is 1.35 bits per heavy atom. The van der Waals surface area contributed by atoms with Crippen LogP contribution in [0.5, 0.6) is 0 Å². The minimum absolute atomic E-state index is 0.801. The molecule has 0 bridgehead atoms. The zero-order chi connectivity index (χ0) is 53.2. The average Bonchev–Trinajstić information content (AvgIpc) is 3.35. The van der Waals surface area contributed by atoms with Crippen LogP contribution >= 0.6 is 0 Å². The number of aliphatic hydroxyl groups is 20. The fourth-order valence-electron chi connectivity index (χ4n) is 8.99. The first-order valence-corrected chi connectivity index (χ1v) is 22.7. The quantitative estimate of drug-likeness (QED) is 0.0606. The van der Waals surface area contributed by atoms with Crippen molar-refractivity contribution in [1.82, 2.24) is 5.32 Å². The van der Waals surface area contributed by atoms with E-state index in [1.165, 1.54) is 0 Å². The number of carbonyl (C=O) groups excluding carboxylic acids is 1. The van der Waals surface area contributed by atoms with Gasteiger partial charge in [-0.3, -0.25) is 4.79 Å². The summed E-state index contributed by atoms with van der Waals surface area (Å²) >= 11 is 0. The summed E-state index contributed by atoms with van der Waals surface area (Å²) in [4.78, 5) is 12.2. The lowest BCUT2D eigenvalue weighted by Crippen LogP contribution is -2.69. The Labute approximate surface area is 406 Å². The fraction of sp³-hybridized carbons (Fsp3) is 0.974. The van der Waals surface area contributed by atoms with Gasteiger partial charge in [-0.25, -0.2) is 0 Å². The molecule has 1 amide bonds. The van der Waals surface area contributed by atoms with Gasteiger partial charge < -0.3 is 160 Å². The van der Waals surface area contributed by atoms with Crippen molar-refractivity contribution < 1.29 is 159 Å². The molecule has 0 aromatic rings. The SMILES string of the molecule is CC(=O)N[C@H]1[C@@H](O[C@H]2[C@@H](O[C@H]3[C@@H](O[C@@H]4[C@@H](O)[C@@H](O[C@H]5[C@H](O)[C@@H]([C@H](O)CO)O[C@H](O)[C@H]5O)O[C@H](CO[C@H]5O[C@H](CO)[C@H](O)[C@H](O)[C@H]5O)[C@H]4O)O[C@H](CO)[C@H](O)[C@@H]3O)O[C@H](CO)[C@@H](O)[C@@H]2O)O[C@H](CO)[C@@H](O)[C@@H]1O. The average molecular weight is 1060 g/mol. The standard InChI is InChI=1S/C39H67NO32/c1-8(46)40-15-21(53)16(48)10(3-42)63-35(15)71-32-23(55)18(50)13(6-45)66-39(32)72-33-24(56)19(51)12(5-44)65-38(33)70-30-20(52)14(7-62-36-25(57)22(54)17(49)11(4-43)64-36)67-37(28(30)60)69-31-26(58)29(9(47)2-41)68-34(61)27(31)59/h9-39,41-45,47-61H,2-7H2,1H3,(H,40,46)/t9-,10-,11-,12-,13-,14-,15-,16-,17+,18-,19+,20-,21-,22+,23+,24+,25-,26-,27+,28-,29-,30+,31+,32-,33-,34+,35-,36+,37-,38-,39-/m1/s1. The molecule has 31 atom stereocenters. The van der Waals surface area contributed by atoms with Crippen molar-refractivity contribution in [3.63, 3.8) is 0 Å². The van der Waals surface area contributed by atoms with Gasteiger partial charge in [0.25, 0.3) is 0 Å². The Morgan fingerprint density at radius 1 is 0.431 bits per heavy atom. The summed E-state index contributed by atoms with van der Waals surface area (Å²) in [5.74, 6) is -0.801. The van der Waals surface area contributed by atoms with Crippen LogP contribution in [0, 0.1) is 0 Å². The van der Waals surface area contributed by atoms with E-state index in [0.717, 1.165) is 6.92 Å². The number of aliphatic hydroxyl groups excluding tert-OH is 20. The second-order valence-corrected chi connectivity index (χ2v) is 18.0. The molecule has 33 heteroatoms. The number of carbonyl (C=O) groups is 1. The second-order valence-electron chi connectivity index (χ2n) is 18.0. The first-order valence-electron chi connectivity index (χ1n) is 22.7. The highest BCUT2D eigenvalue weighted by Crippen LogP contribution is 2.37. The molecule has 21 N–H and O–H groups in total. The number of ether oxygens (including phenoxy) is 11. The predicted octanol–water partition coefficient (Wildman–Crippen LogP) is -14.6. The first kappa shape index (κ1) is 59.5. The molecule has 0 unspecified atom stereocenters. The van der Waals surface area contributed by atoms with Crippen molar-refractivity contribution in [3.8, 4) is 0 Å². The van der Waals surface area contributed by atoms with Gasteiger partial charge >= 0.3 is 0 Å². The number of hydrogen-bond acceptors (Lipinski definition) is 32. The van der Waals surface area contributed by atoms with E-state index >= 15 is 0 Å². The molecule has 6 saturated heterocycles. The molecule has 420 valence electrons. The van der Waals surface area contributed by atoms with Crippen molar-refractivity contribution in [2.75, 3.05) is 39.6 Å². The highest BCUT2D eigenvalue weighted by molar-refractivity contribution is 5.73. The Kier molecular flexibility index (Phi) is 21.1. The van der Waals surface area contributed by atoms with Gasteiger partial charge in [0.15, 0.2) is 37.7 Å². The van der Waals surface area contributed by atoms with E-state index in [9.17, 15) is 107 Å². The van der Waals surface area contributed by atoms with Crippen LogP contribution in [0.15, 0.2) is 0 Å². The van der Waals surface area contributed by atoms with Gasteiger partial charge in [0.1, 0.15) is 153 Å². The van der Waals surface area contributed by atoms with Gasteiger partial charge in [-0.1, -0.05) is 0 Å². The molecular formula is C39H67NO32. The molecule has 6 rings (SSSR count). The van der Waals surface area contributed by atoms with Crippen LogP contribution in [-0.4, -0.2) is 338 Å². The molecule has 6 aliphatic rings. The van der Waals surface area contributed by atoms with Crippen molar-refractivity contribution in [2.24, 2.45) is 0 Å². The van der Waals surface area contributed by atoms with Crippen LogP contribution in [0.2, 0.25) is 0 Å². The maximum Gasteiger partial charge on any atom is 0.217 e. The number of nitrogens with one attached hydrogen (secondary N) is 1. The third-order valence-corrected chi connectivity index (χ3v) is 13.1. The van der Waals surface area contributed by atoms with Crippen molar-refractivity contribution >= 4 is 5.91 Å². The Morgan fingerprint density at radius 2 is 0.847 bits per heavy atom. The van der Waals surface area contributed by atoms with Crippen LogP contribution < -0.4 is 5.32 Å². The highest BCUT2D eigenvalue weighted by Gasteiger charge is 2.58. The molecule has 6 aliphatic heterocycles. The van der Waals surface area contributed by atoms with E-state index in [4.69, 9.17) is 52.1 Å². The Balaban J connectivity index is 1.33. The third kappa shape index (κ3) is 12.5. The van der Waals surface area contributed by atoms with E-state index in [-0.39, 0.29) is 0 Å². The largest absolute Gasteiger partial charge is 0.394 e. The molecule has 0 radical (unpaired) electrons. The molecule has 0 spiro atoms. The van der Waals surface area contributed by atoms with Crippen LogP contribution in [0.3, 0.4) is 0 Å². The van der Waals surface area contributed by atoms with Crippen LogP contribution in [0.4, 0.5) is 0 Å². The molecular weight excluding hydrogens is 994 g/mol. The summed E-state index contributed by atoms with van der Waals surface area (Å²) in [5, 5.41) is 215. The minimum atomic E-state index is -2.38. The maximum atomic E-state index is 12.2. The van der Waals surface area contributed by atoms with Gasteiger partial charge in [-0.15, -0.1) is 0 Å². The summed E-state index contributed by atoms with van der Waals surface area (Å²) in [7, 11) is 0. The summed E-state index contributed by atoms with van der Waals surface area (Å²) in [6.45, 7) is -4.90. The van der Waals surface area contributed by atoms with Gasteiger partial charge in [-0.2, -0.15) is 0 Å². The minimum Gasteiger partial charge on any atom is -0.394 e. The van der Waals surface area contributed by atoms with Crippen LogP contribution in [0.1, 0.15) is 6.92 Å². The Hall–Kier alpha value is -1.77.